The molecule has 4 amide bonds. The highest BCUT2D eigenvalue weighted by atomic mass is 16.5. The van der Waals surface area contributed by atoms with Crippen LogP contribution in [0.3, 0.4) is 0 Å². The molecule has 2 fully saturated rings. The standard InChI is InChI=1S/C20H27N3O4/c1-14-6-4-5-11-20(14)18(25)23(19(26)21-20)13-17(24)22(2)12-15-7-9-16(27-3)10-8-15/h7-10,14H,4-6,11-13H2,1-3H3,(H,21,26)/t14-,20+/m0/s1. The Morgan fingerprint density at radius 2 is 2.00 bits per heavy atom. The second kappa shape index (κ2) is 7.58. The Kier molecular flexibility index (Phi) is 5.39. The summed E-state index contributed by atoms with van der Waals surface area (Å²) >= 11 is 0. The molecule has 0 radical (unpaired) electrons. The molecule has 0 bridgehead atoms. The molecule has 146 valence electrons. The maximum absolute atomic E-state index is 12.9. The van der Waals surface area contributed by atoms with E-state index in [0.717, 1.165) is 35.5 Å². The van der Waals surface area contributed by atoms with Gasteiger partial charge in [0.2, 0.25) is 5.91 Å². The number of hydrogen-bond donors (Lipinski definition) is 1. The fourth-order valence-corrected chi connectivity index (χ4v) is 3.99. The van der Waals surface area contributed by atoms with E-state index in [2.05, 4.69) is 5.32 Å². The Hall–Kier alpha value is -2.57. The van der Waals surface area contributed by atoms with E-state index in [4.69, 9.17) is 4.74 Å². The van der Waals surface area contributed by atoms with Gasteiger partial charge in [-0.1, -0.05) is 31.9 Å². The molecule has 0 aromatic heterocycles. The van der Waals surface area contributed by atoms with E-state index in [9.17, 15) is 14.4 Å². The zero-order valence-electron chi connectivity index (χ0n) is 16.2. The Morgan fingerprint density at radius 3 is 2.63 bits per heavy atom. The van der Waals surface area contributed by atoms with Gasteiger partial charge in [0.1, 0.15) is 17.8 Å². The number of benzene rings is 1. The average molecular weight is 373 g/mol. The number of ether oxygens (including phenoxy) is 1. The van der Waals surface area contributed by atoms with Crippen molar-refractivity contribution in [3.05, 3.63) is 29.8 Å². The van der Waals surface area contributed by atoms with Crippen LogP contribution in [0.25, 0.3) is 0 Å². The smallest absolute Gasteiger partial charge is 0.325 e. The zero-order chi connectivity index (χ0) is 19.6. The summed E-state index contributed by atoms with van der Waals surface area (Å²) in [5, 5.41) is 2.88. The highest BCUT2D eigenvalue weighted by Gasteiger charge is 2.55. The predicted molar refractivity (Wildman–Crippen MR) is 100 cm³/mol. The molecule has 1 heterocycles. The summed E-state index contributed by atoms with van der Waals surface area (Å²) in [5.41, 5.74) is 0.116. The van der Waals surface area contributed by atoms with Crippen LogP contribution in [0.5, 0.6) is 5.75 Å². The fourth-order valence-electron chi connectivity index (χ4n) is 3.99. The zero-order valence-corrected chi connectivity index (χ0v) is 16.2. The van der Waals surface area contributed by atoms with E-state index < -0.39 is 11.6 Å². The van der Waals surface area contributed by atoms with Gasteiger partial charge in [0, 0.05) is 13.6 Å². The number of hydrogen-bond acceptors (Lipinski definition) is 4. The number of likely N-dealkylation sites (N-methyl/N-ethyl adjacent to an activating group) is 1. The molecule has 1 aromatic rings. The molecule has 1 spiro atoms. The van der Waals surface area contributed by atoms with Crippen molar-refractivity contribution in [3.63, 3.8) is 0 Å². The number of amides is 4. The van der Waals surface area contributed by atoms with Crippen LogP contribution in [-0.2, 0) is 16.1 Å². The molecule has 3 rings (SSSR count). The van der Waals surface area contributed by atoms with Gasteiger partial charge in [-0.3, -0.25) is 14.5 Å². The van der Waals surface area contributed by atoms with E-state index in [0.29, 0.717) is 13.0 Å². The third-order valence-corrected chi connectivity index (χ3v) is 5.80. The largest absolute Gasteiger partial charge is 0.497 e. The van der Waals surface area contributed by atoms with Crippen LogP contribution >= 0.6 is 0 Å². The number of rotatable bonds is 5. The lowest BCUT2D eigenvalue weighted by atomic mass is 9.73. The Bertz CT molecular complexity index is 733. The summed E-state index contributed by atoms with van der Waals surface area (Å²) in [4.78, 5) is 40.5. The van der Waals surface area contributed by atoms with Crippen LogP contribution < -0.4 is 10.1 Å². The van der Waals surface area contributed by atoms with Crippen LogP contribution in [0.2, 0.25) is 0 Å². The molecule has 7 nitrogen and oxygen atoms in total. The van der Waals surface area contributed by atoms with Crippen molar-refractivity contribution in [3.8, 4) is 5.75 Å². The Labute approximate surface area is 159 Å². The molecule has 1 N–H and O–H groups in total. The molecule has 1 aliphatic heterocycles. The molecule has 1 saturated heterocycles. The van der Waals surface area contributed by atoms with Crippen molar-refractivity contribution in [1.29, 1.82) is 0 Å². The summed E-state index contributed by atoms with van der Waals surface area (Å²) in [5.74, 6) is 0.305. The minimum atomic E-state index is -0.829. The molecular weight excluding hydrogens is 346 g/mol. The van der Waals surface area contributed by atoms with E-state index in [1.54, 1.807) is 14.2 Å². The van der Waals surface area contributed by atoms with Crippen molar-refractivity contribution >= 4 is 17.8 Å². The Balaban J connectivity index is 1.64. The van der Waals surface area contributed by atoms with Crippen LogP contribution in [0.15, 0.2) is 24.3 Å². The average Bonchev–Trinajstić information content (AvgIpc) is 2.89. The van der Waals surface area contributed by atoms with Crippen LogP contribution in [0.4, 0.5) is 4.79 Å². The first kappa shape index (κ1) is 19.2. The highest BCUT2D eigenvalue weighted by Crippen LogP contribution is 2.38. The van der Waals surface area contributed by atoms with Gasteiger partial charge in [0.15, 0.2) is 0 Å². The van der Waals surface area contributed by atoms with Crippen molar-refractivity contribution in [2.45, 2.75) is 44.7 Å². The van der Waals surface area contributed by atoms with Crippen molar-refractivity contribution in [2.75, 3.05) is 20.7 Å². The molecule has 1 aliphatic carbocycles. The third kappa shape index (κ3) is 3.63. The van der Waals surface area contributed by atoms with Gasteiger partial charge >= 0.3 is 6.03 Å². The van der Waals surface area contributed by atoms with E-state index in [1.807, 2.05) is 31.2 Å². The third-order valence-electron chi connectivity index (χ3n) is 5.80. The number of carbonyl (C=O) groups is 3. The Morgan fingerprint density at radius 1 is 1.30 bits per heavy atom. The highest BCUT2D eigenvalue weighted by molar-refractivity contribution is 6.09. The molecule has 27 heavy (non-hydrogen) atoms. The quantitative estimate of drug-likeness (QED) is 0.802. The SMILES string of the molecule is COc1ccc(CN(C)C(=O)CN2C(=O)N[C@@]3(CCCC[C@@H]3C)C2=O)cc1. The van der Waals surface area contributed by atoms with Crippen molar-refractivity contribution in [1.82, 2.24) is 15.1 Å². The van der Waals surface area contributed by atoms with Crippen LogP contribution in [0, 0.1) is 5.92 Å². The maximum Gasteiger partial charge on any atom is 0.325 e. The minimum Gasteiger partial charge on any atom is -0.497 e. The van der Waals surface area contributed by atoms with Gasteiger partial charge in [-0.25, -0.2) is 4.79 Å². The molecule has 1 saturated carbocycles. The number of methoxy groups -OCH3 is 1. The first-order chi connectivity index (χ1) is 12.9. The number of nitrogens with one attached hydrogen (secondary N) is 1. The lowest BCUT2D eigenvalue weighted by Crippen LogP contribution is -2.54. The van der Waals surface area contributed by atoms with Crippen LogP contribution in [0.1, 0.15) is 38.2 Å². The first-order valence-electron chi connectivity index (χ1n) is 9.38. The fraction of sp³-hybridized carbons (Fsp3) is 0.550. The molecule has 1 aromatic carbocycles. The maximum atomic E-state index is 12.9. The first-order valence-corrected chi connectivity index (χ1v) is 9.38. The monoisotopic (exact) mass is 373 g/mol. The summed E-state index contributed by atoms with van der Waals surface area (Å²) in [6.07, 6.45) is 3.53. The van der Waals surface area contributed by atoms with Gasteiger partial charge in [0.05, 0.1) is 7.11 Å². The van der Waals surface area contributed by atoms with Gasteiger partial charge in [0.25, 0.3) is 5.91 Å². The number of imide groups is 1. The molecule has 2 aliphatic rings. The van der Waals surface area contributed by atoms with Crippen LogP contribution in [-0.4, -0.2) is 53.9 Å². The molecular formula is C20H27N3O4. The number of carbonyl (C=O) groups excluding carboxylic acids is 3. The topological polar surface area (TPSA) is 79.0 Å². The number of urea groups is 1. The van der Waals surface area contributed by atoms with Gasteiger partial charge in [-0.2, -0.15) is 0 Å². The van der Waals surface area contributed by atoms with E-state index in [1.165, 1.54) is 4.90 Å². The summed E-state index contributed by atoms with van der Waals surface area (Å²) in [7, 11) is 3.27. The van der Waals surface area contributed by atoms with Gasteiger partial charge in [-0.15, -0.1) is 0 Å². The van der Waals surface area contributed by atoms with Crippen molar-refractivity contribution in [2.24, 2.45) is 5.92 Å². The van der Waals surface area contributed by atoms with E-state index >= 15 is 0 Å². The lowest BCUT2D eigenvalue weighted by Gasteiger charge is -2.36. The van der Waals surface area contributed by atoms with E-state index in [-0.39, 0.29) is 24.3 Å². The predicted octanol–water partition coefficient (Wildman–Crippen LogP) is 2.15. The molecule has 2 atom stereocenters. The second-order valence-electron chi connectivity index (χ2n) is 7.54. The molecule has 7 heteroatoms. The second-order valence-corrected chi connectivity index (χ2v) is 7.54. The molecule has 0 unspecified atom stereocenters. The summed E-state index contributed by atoms with van der Waals surface area (Å²) in [6.45, 7) is 2.16. The van der Waals surface area contributed by atoms with Crippen molar-refractivity contribution < 1.29 is 19.1 Å². The normalized spacial score (nSPS) is 24.9. The van der Waals surface area contributed by atoms with Gasteiger partial charge < -0.3 is 15.0 Å². The minimum absolute atomic E-state index is 0.0832. The lowest BCUT2D eigenvalue weighted by molar-refractivity contribution is -0.140. The number of nitrogens with zero attached hydrogens (tertiary/aromatic N) is 2. The summed E-state index contributed by atoms with van der Waals surface area (Å²) < 4.78 is 5.13. The summed E-state index contributed by atoms with van der Waals surface area (Å²) in [6, 6.07) is 6.97. The van der Waals surface area contributed by atoms with Gasteiger partial charge in [-0.05, 0) is 36.5 Å².